The van der Waals surface area contributed by atoms with E-state index < -0.39 is 18.3 Å². The lowest BCUT2D eigenvalue weighted by Gasteiger charge is -2.11. The summed E-state index contributed by atoms with van der Waals surface area (Å²) < 4.78 is 5.47. The fraction of sp³-hybridized carbons (Fsp3) is 0.500. The van der Waals surface area contributed by atoms with Crippen LogP contribution in [0.3, 0.4) is 0 Å². The molecule has 0 bridgehead atoms. The van der Waals surface area contributed by atoms with Crippen molar-refractivity contribution in [2.45, 2.75) is 24.7 Å². The Balaban J connectivity index is 1.95. The van der Waals surface area contributed by atoms with Crippen LogP contribution in [0.1, 0.15) is 18.3 Å². The number of hydrogen-bond acceptors (Lipinski definition) is 6. The van der Waals surface area contributed by atoms with Crippen molar-refractivity contribution < 1.29 is 14.9 Å². The molecular weight excluding hydrogens is 260 g/mol. The number of nitrogens with zero attached hydrogens (tertiary/aromatic N) is 3. The maximum absolute atomic E-state index is 9.67. The van der Waals surface area contributed by atoms with E-state index in [2.05, 4.69) is 19.9 Å². The third-order valence-corrected chi connectivity index (χ3v) is 3.22. The van der Waals surface area contributed by atoms with Crippen molar-refractivity contribution in [3.8, 4) is 0 Å². The smallest absolute Gasteiger partial charge is 0.182 e. The Morgan fingerprint density at radius 1 is 1.50 bits per heavy atom. The second-order valence-electron chi connectivity index (χ2n) is 4.12. The van der Waals surface area contributed by atoms with Crippen molar-refractivity contribution in [3.05, 3.63) is 17.3 Å². The predicted molar refractivity (Wildman–Crippen MR) is 62.0 cm³/mol. The number of aliphatic hydroxyl groups is 2. The standard InChI is InChI=1S/C10H11ClN4O3/c11-8-7-10(13-3-12-7)15-9(14-8)5-1-4(17)6(2-16)18-5/h3-6,16-17H,1-2H2,(H,12,13,14,15)/t4-,5?,6+/m0/s1. The highest BCUT2D eigenvalue weighted by molar-refractivity contribution is 6.33. The van der Waals surface area contributed by atoms with Gasteiger partial charge in [0.05, 0.1) is 19.0 Å². The number of halogens is 1. The number of aliphatic hydroxyl groups excluding tert-OH is 2. The van der Waals surface area contributed by atoms with E-state index in [1.807, 2.05) is 0 Å². The van der Waals surface area contributed by atoms with Crippen LogP contribution < -0.4 is 0 Å². The van der Waals surface area contributed by atoms with Crippen LogP contribution in [0.2, 0.25) is 5.15 Å². The number of ether oxygens (including phenoxy) is 1. The largest absolute Gasteiger partial charge is 0.394 e. The highest BCUT2D eigenvalue weighted by Gasteiger charge is 2.36. The first-order chi connectivity index (χ1) is 8.69. The zero-order valence-corrected chi connectivity index (χ0v) is 10.0. The van der Waals surface area contributed by atoms with Crippen LogP contribution in [0, 0.1) is 0 Å². The molecule has 0 aromatic carbocycles. The number of hydrogen-bond donors (Lipinski definition) is 3. The van der Waals surface area contributed by atoms with Gasteiger partial charge < -0.3 is 19.9 Å². The van der Waals surface area contributed by atoms with Gasteiger partial charge in [0, 0.05) is 6.42 Å². The second kappa shape index (κ2) is 4.43. The molecule has 3 rings (SSSR count). The molecule has 0 aliphatic carbocycles. The Hall–Kier alpha value is -1.28. The van der Waals surface area contributed by atoms with Gasteiger partial charge in [-0.25, -0.2) is 15.0 Å². The average Bonchev–Trinajstić information content (AvgIpc) is 2.95. The van der Waals surface area contributed by atoms with E-state index in [-0.39, 0.29) is 11.8 Å². The van der Waals surface area contributed by atoms with E-state index >= 15 is 0 Å². The zero-order chi connectivity index (χ0) is 12.7. The van der Waals surface area contributed by atoms with E-state index in [0.717, 1.165) is 0 Å². The normalized spacial score (nSPS) is 28.1. The SMILES string of the molecule is OC[C@H]1OC(c2nc(Cl)c3[nH]cnc3n2)C[C@@H]1O. The molecule has 18 heavy (non-hydrogen) atoms. The summed E-state index contributed by atoms with van der Waals surface area (Å²) in [5.41, 5.74) is 1.02. The fourth-order valence-electron chi connectivity index (χ4n) is 2.02. The Labute approximate surface area is 107 Å². The van der Waals surface area contributed by atoms with Gasteiger partial charge in [-0.2, -0.15) is 0 Å². The average molecular weight is 271 g/mol. The van der Waals surface area contributed by atoms with E-state index in [4.69, 9.17) is 21.4 Å². The third-order valence-electron chi connectivity index (χ3n) is 2.95. The predicted octanol–water partition coefficient (Wildman–Crippen LogP) is 0.189. The highest BCUT2D eigenvalue weighted by Crippen LogP contribution is 2.32. The van der Waals surface area contributed by atoms with Crippen molar-refractivity contribution >= 4 is 22.8 Å². The summed E-state index contributed by atoms with van der Waals surface area (Å²) in [6, 6.07) is 0. The van der Waals surface area contributed by atoms with Gasteiger partial charge in [0.25, 0.3) is 0 Å². The maximum Gasteiger partial charge on any atom is 0.182 e. The summed E-state index contributed by atoms with van der Waals surface area (Å²) in [5, 5.41) is 19.0. The monoisotopic (exact) mass is 270 g/mol. The van der Waals surface area contributed by atoms with Crippen LogP contribution in [0.4, 0.5) is 0 Å². The minimum absolute atomic E-state index is 0.240. The summed E-state index contributed by atoms with van der Waals surface area (Å²) in [6.45, 7) is -0.240. The van der Waals surface area contributed by atoms with E-state index in [0.29, 0.717) is 23.4 Å². The highest BCUT2D eigenvalue weighted by atomic mass is 35.5. The van der Waals surface area contributed by atoms with Crippen molar-refractivity contribution in [1.29, 1.82) is 0 Å². The molecule has 0 radical (unpaired) electrons. The van der Waals surface area contributed by atoms with Crippen molar-refractivity contribution in [2.75, 3.05) is 6.61 Å². The van der Waals surface area contributed by atoms with Crippen LogP contribution in [-0.2, 0) is 4.74 Å². The topological polar surface area (TPSA) is 104 Å². The molecule has 0 amide bonds. The molecule has 3 heterocycles. The third kappa shape index (κ3) is 1.85. The van der Waals surface area contributed by atoms with E-state index in [1.54, 1.807) is 0 Å². The number of H-pyrrole nitrogens is 1. The minimum Gasteiger partial charge on any atom is -0.394 e. The molecule has 2 aromatic heterocycles. The van der Waals surface area contributed by atoms with Gasteiger partial charge >= 0.3 is 0 Å². The molecule has 1 unspecified atom stereocenters. The molecule has 0 spiro atoms. The van der Waals surface area contributed by atoms with Crippen LogP contribution in [-0.4, -0.2) is 49.0 Å². The Kier molecular flexibility index (Phi) is 2.90. The van der Waals surface area contributed by atoms with Crippen LogP contribution in [0.25, 0.3) is 11.2 Å². The molecule has 3 atom stereocenters. The Bertz CT molecular complexity index is 575. The van der Waals surface area contributed by atoms with Gasteiger partial charge in [0.15, 0.2) is 16.6 Å². The lowest BCUT2D eigenvalue weighted by atomic mass is 10.1. The van der Waals surface area contributed by atoms with Crippen molar-refractivity contribution in [3.63, 3.8) is 0 Å². The second-order valence-corrected chi connectivity index (χ2v) is 4.48. The molecule has 1 fully saturated rings. The first-order valence-corrected chi connectivity index (χ1v) is 5.87. The zero-order valence-electron chi connectivity index (χ0n) is 9.25. The number of rotatable bonds is 2. The molecule has 2 aromatic rings. The molecule has 7 nitrogen and oxygen atoms in total. The summed E-state index contributed by atoms with van der Waals surface area (Å²) in [5.74, 6) is 0.370. The van der Waals surface area contributed by atoms with Crippen molar-refractivity contribution in [1.82, 2.24) is 19.9 Å². The minimum atomic E-state index is -0.725. The summed E-state index contributed by atoms with van der Waals surface area (Å²) in [7, 11) is 0. The molecule has 1 saturated heterocycles. The molecule has 1 aliphatic heterocycles. The maximum atomic E-state index is 9.67. The van der Waals surface area contributed by atoms with Gasteiger partial charge in [-0.15, -0.1) is 0 Å². The number of aromatic amines is 1. The molecule has 1 aliphatic rings. The Morgan fingerprint density at radius 2 is 2.33 bits per heavy atom. The van der Waals surface area contributed by atoms with E-state index in [9.17, 15) is 5.11 Å². The van der Waals surface area contributed by atoms with Gasteiger partial charge in [0.1, 0.15) is 17.7 Å². The van der Waals surface area contributed by atoms with Crippen molar-refractivity contribution in [2.24, 2.45) is 0 Å². The first kappa shape index (κ1) is 11.8. The molecular formula is C10H11ClN4O3. The summed E-state index contributed by atoms with van der Waals surface area (Å²) >= 11 is 6.00. The fourth-order valence-corrected chi connectivity index (χ4v) is 2.24. The van der Waals surface area contributed by atoms with Crippen LogP contribution in [0.15, 0.2) is 6.33 Å². The number of nitrogens with one attached hydrogen (secondary N) is 1. The van der Waals surface area contributed by atoms with Gasteiger partial charge in [-0.1, -0.05) is 11.6 Å². The molecule has 96 valence electrons. The molecule has 3 N–H and O–H groups in total. The number of imidazole rings is 1. The Morgan fingerprint density at radius 3 is 3.06 bits per heavy atom. The summed E-state index contributed by atoms with van der Waals surface area (Å²) in [4.78, 5) is 15.2. The van der Waals surface area contributed by atoms with E-state index in [1.165, 1.54) is 6.33 Å². The van der Waals surface area contributed by atoms with Gasteiger partial charge in [-0.3, -0.25) is 0 Å². The summed E-state index contributed by atoms with van der Waals surface area (Å²) in [6.07, 6.45) is 0.00756. The van der Waals surface area contributed by atoms with Gasteiger partial charge in [0.2, 0.25) is 0 Å². The number of aromatic nitrogens is 4. The lowest BCUT2D eigenvalue weighted by Crippen LogP contribution is -2.24. The van der Waals surface area contributed by atoms with Gasteiger partial charge in [-0.05, 0) is 0 Å². The molecule has 8 heteroatoms. The lowest BCUT2D eigenvalue weighted by molar-refractivity contribution is -0.0246. The number of fused-ring (bicyclic) bond motifs is 1. The quantitative estimate of drug-likeness (QED) is 0.673. The van der Waals surface area contributed by atoms with Crippen LogP contribution in [0.5, 0.6) is 0 Å². The molecule has 0 saturated carbocycles. The first-order valence-electron chi connectivity index (χ1n) is 5.50. The van der Waals surface area contributed by atoms with Crippen LogP contribution >= 0.6 is 11.6 Å².